The summed E-state index contributed by atoms with van der Waals surface area (Å²) in [6.45, 7) is 9.64. The minimum atomic E-state index is 0.0767. The summed E-state index contributed by atoms with van der Waals surface area (Å²) in [7, 11) is 0. The van der Waals surface area contributed by atoms with Gasteiger partial charge in [-0.1, -0.05) is 20.8 Å². The Balaban J connectivity index is 2.48. The molecule has 1 aromatic rings. The molecule has 1 aliphatic carbocycles. The number of anilines is 1. The smallest absolute Gasteiger partial charge is 0.143 e. The van der Waals surface area contributed by atoms with Crippen molar-refractivity contribution in [2.45, 2.75) is 51.9 Å². The van der Waals surface area contributed by atoms with Crippen LogP contribution in [0.2, 0.25) is 0 Å². The number of hydrogen-bond donors (Lipinski definition) is 1. The normalized spacial score (nSPS) is 16.1. The van der Waals surface area contributed by atoms with Gasteiger partial charge in [0.25, 0.3) is 0 Å². The maximum absolute atomic E-state index is 4.79. The number of rotatable bonds is 3. The number of aromatic nitrogens is 2. The van der Waals surface area contributed by atoms with Crippen LogP contribution >= 0.6 is 22.6 Å². The number of nitrogens with one attached hydrogen (secondary N) is 1. The lowest BCUT2D eigenvalue weighted by Crippen LogP contribution is -2.19. The van der Waals surface area contributed by atoms with Crippen molar-refractivity contribution in [3.8, 4) is 0 Å². The topological polar surface area (TPSA) is 37.8 Å². The Bertz CT molecular complexity index is 419. The van der Waals surface area contributed by atoms with Crippen molar-refractivity contribution in [3.63, 3.8) is 0 Å². The summed E-state index contributed by atoms with van der Waals surface area (Å²) in [5, 5.41) is 3.35. The van der Waals surface area contributed by atoms with Gasteiger partial charge in [0.05, 0.1) is 9.26 Å². The number of nitrogens with zero attached hydrogens (tertiary/aromatic N) is 2. The van der Waals surface area contributed by atoms with Gasteiger partial charge in [0.2, 0.25) is 0 Å². The van der Waals surface area contributed by atoms with Crippen molar-refractivity contribution in [2.24, 2.45) is 0 Å². The average molecular weight is 345 g/mol. The van der Waals surface area contributed by atoms with E-state index in [1.54, 1.807) is 0 Å². The van der Waals surface area contributed by atoms with Crippen molar-refractivity contribution in [1.29, 1.82) is 0 Å². The van der Waals surface area contributed by atoms with Gasteiger partial charge >= 0.3 is 0 Å². The van der Waals surface area contributed by atoms with Crippen molar-refractivity contribution in [2.75, 3.05) is 11.9 Å². The van der Waals surface area contributed by atoms with E-state index < -0.39 is 0 Å². The van der Waals surface area contributed by atoms with Crippen LogP contribution in [-0.4, -0.2) is 16.5 Å². The Morgan fingerprint density at radius 1 is 1.29 bits per heavy atom. The third-order valence-electron chi connectivity index (χ3n) is 2.87. The molecule has 0 aliphatic heterocycles. The fourth-order valence-electron chi connectivity index (χ4n) is 1.77. The zero-order valence-electron chi connectivity index (χ0n) is 11.0. The highest BCUT2D eigenvalue weighted by Gasteiger charge is 2.30. The molecule has 1 heterocycles. The van der Waals surface area contributed by atoms with Gasteiger partial charge in [-0.05, 0) is 42.4 Å². The van der Waals surface area contributed by atoms with Crippen LogP contribution in [0.25, 0.3) is 0 Å². The largest absolute Gasteiger partial charge is 0.369 e. The highest BCUT2D eigenvalue weighted by molar-refractivity contribution is 14.1. The highest BCUT2D eigenvalue weighted by Crippen LogP contribution is 2.40. The Morgan fingerprint density at radius 2 is 1.94 bits per heavy atom. The quantitative estimate of drug-likeness (QED) is 0.849. The lowest BCUT2D eigenvalue weighted by atomic mass is 9.92. The van der Waals surface area contributed by atoms with E-state index in [2.05, 4.69) is 60.6 Å². The molecule has 0 radical (unpaired) electrons. The zero-order chi connectivity index (χ0) is 12.6. The molecule has 0 bridgehead atoms. The number of hydrogen-bond acceptors (Lipinski definition) is 3. The molecule has 0 saturated heterocycles. The summed E-state index contributed by atoms with van der Waals surface area (Å²) >= 11 is 2.36. The van der Waals surface area contributed by atoms with E-state index in [1.807, 2.05) is 0 Å². The zero-order valence-corrected chi connectivity index (χ0v) is 13.1. The maximum atomic E-state index is 4.79. The van der Waals surface area contributed by atoms with Crippen LogP contribution < -0.4 is 5.32 Å². The second kappa shape index (κ2) is 4.71. The molecular formula is C13H20IN3. The van der Waals surface area contributed by atoms with Crippen molar-refractivity contribution in [1.82, 2.24) is 9.97 Å². The Kier molecular flexibility index (Phi) is 3.61. The molecule has 0 unspecified atom stereocenters. The molecule has 0 aromatic carbocycles. The minimum absolute atomic E-state index is 0.0767. The van der Waals surface area contributed by atoms with E-state index in [9.17, 15) is 0 Å². The van der Waals surface area contributed by atoms with Gasteiger partial charge in [-0.3, -0.25) is 0 Å². The fraction of sp³-hybridized carbons (Fsp3) is 0.692. The van der Waals surface area contributed by atoms with Gasteiger partial charge in [0.15, 0.2) is 0 Å². The van der Waals surface area contributed by atoms with Crippen LogP contribution in [0.15, 0.2) is 0 Å². The number of halogens is 1. The molecule has 1 aliphatic rings. The first-order chi connectivity index (χ1) is 7.93. The highest BCUT2D eigenvalue weighted by atomic mass is 127. The summed E-state index contributed by atoms with van der Waals surface area (Å²) in [5.74, 6) is 2.65. The van der Waals surface area contributed by atoms with Gasteiger partial charge in [0.1, 0.15) is 11.6 Å². The van der Waals surface area contributed by atoms with Crippen LogP contribution in [0.1, 0.15) is 58.0 Å². The third-order valence-corrected chi connectivity index (χ3v) is 3.89. The van der Waals surface area contributed by atoms with Gasteiger partial charge in [-0.2, -0.15) is 0 Å². The van der Waals surface area contributed by atoms with E-state index in [0.29, 0.717) is 5.92 Å². The Labute approximate surface area is 117 Å². The molecule has 17 heavy (non-hydrogen) atoms. The lowest BCUT2D eigenvalue weighted by Gasteiger charge is -2.22. The summed E-state index contributed by atoms with van der Waals surface area (Å²) in [5.41, 5.74) is 1.25. The maximum Gasteiger partial charge on any atom is 0.143 e. The van der Waals surface area contributed by atoms with E-state index in [1.165, 1.54) is 22.1 Å². The van der Waals surface area contributed by atoms with Gasteiger partial charge in [-0.15, -0.1) is 0 Å². The van der Waals surface area contributed by atoms with E-state index in [0.717, 1.165) is 18.2 Å². The van der Waals surface area contributed by atoms with Crippen LogP contribution in [-0.2, 0) is 5.41 Å². The fourth-order valence-corrected chi connectivity index (χ4v) is 3.01. The predicted octanol–water partition coefficient (Wildman–Crippen LogP) is 3.69. The summed E-state index contributed by atoms with van der Waals surface area (Å²) in [4.78, 5) is 9.46. The Morgan fingerprint density at radius 3 is 2.41 bits per heavy atom. The van der Waals surface area contributed by atoms with E-state index >= 15 is 0 Å². The second-order valence-electron chi connectivity index (χ2n) is 5.65. The average Bonchev–Trinajstić information content (AvgIpc) is 3.03. The molecule has 1 N–H and O–H groups in total. The molecule has 1 saturated carbocycles. The molecule has 2 rings (SSSR count). The summed E-state index contributed by atoms with van der Waals surface area (Å²) in [6.07, 6.45) is 2.49. The lowest BCUT2D eigenvalue weighted by molar-refractivity contribution is 0.558. The molecule has 3 nitrogen and oxygen atoms in total. The van der Waals surface area contributed by atoms with Gasteiger partial charge in [-0.25, -0.2) is 9.97 Å². The predicted molar refractivity (Wildman–Crippen MR) is 79.6 cm³/mol. The van der Waals surface area contributed by atoms with Crippen LogP contribution in [0.3, 0.4) is 0 Å². The Hall–Kier alpha value is -0.390. The first-order valence-electron chi connectivity index (χ1n) is 6.25. The van der Waals surface area contributed by atoms with Crippen LogP contribution in [0, 0.1) is 3.57 Å². The first kappa shape index (κ1) is 13.1. The summed E-state index contributed by atoms with van der Waals surface area (Å²) < 4.78 is 1.17. The molecule has 0 spiro atoms. The van der Waals surface area contributed by atoms with Crippen LogP contribution in [0.5, 0.6) is 0 Å². The monoisotopic (exact) mass is 345 g/mol. The van der Waals surface area contributed by atoms with Gasteiger partial charge in [0, 0.05) is 17.9 Å². The molecule has 1 fully saturated rings. The van der Waals surface area contributed by atoms with Gasteiger partial charge < -0.3 is 5.32 Å². The minimum Gasteiger partial charge on any atom is -0.369 e. The summed E-state index contributed by atoms with van der Waals surface area (Å²) in [6, 6.07) is 0. The van der Waals surface area contributed by atoms with Crippen molar-refractivity contribution >= 4 is 28.4 Å². The van der Waals surface area contributed by atoms with Crippen molar-refractivity contribution in [3.05, 3.63) is 15.1 Å². The first-order valence-corrected chi connectivity index (χ1v) is 7.33. The third kappa shape index (κ3) is 2.89. The van der Waals surface area contributed by atoms with Crippen LogP contribution in [0.4, 0.5) is 5.82 Å². The molecule has 0 atom stereocenters. The molecule has 1 aromatic heterocycles. The second-order valence-corrected chi connectivity index (χ2v) is 6.73. The van der Waals surface area contributed by atoms with E-state index in [-0.39, 0.29) is 5.41 Å². The van der Waals surface area contributed by atoms with Crippen molar-refractivity contribution < 1.29 is 0 Å². The molecule has 0 amide bonds. The standard InChI is InChI=1S/C13H20IN3/c1-5-15-12-9(14)10(13(2,3)4)16-11(17-12)8-6-7-8/h8H,5-7H2,1-4H3,(H,15,16,17). The van der Waals surface area contributed by atoms with E-state index in [4.69, 9.17) is 4.98 Å². The molecule has 94 valence electrons. The SMILES string of the molecule is CCNc1nc(C2CC2)nc(C(C)(C)C)c1I. The molecule has 4 heteroatoms. The molecular weight excluding hydrogens is 325 g/mol.